The van der Waals surface area contributed by atoms with Crippen LogP contribution in [0, 0.1) is 0 Å². The van der Waals surface area contributed by atoms with E-state index in [2.05, 4.69) is 20.0 Å². The second-order valence-corrected chi connectivity index (χ2v) is 6.60. The van der Waals surface area contributed by atoms with Gasteiger partial charge in [0.25, 0.3) is 5.91 Å². The van der Waals surface area contributed by atoms with Crippen LogP contribution in [0.15, 0.2) is 54.7 Å². The molecule has 5 nitrogen and oxygen atoms in total. The number of nitrogens with one attached hydrogen (secondary N) is 1. The lowest BCUT2D eigenvalue weighted by atomic mass is 10.1. The molecule has 0 aliphatic carbocycles. The number of carbonyl (C=O) groups is 1. The van der Waals surface area contributed by atoms with Crippen molar-refractivity contribution in [3.63, 3.8) is 0 Å². The minimum absolute atomic E-state index is 0.109. The summed E-state index contributed by atoms with van der Waals surface area (Å²) in [6.45, 7) is -1.55. The largest absolute Gasteiger partial charge is 0.467 e. The number of anilines is 1. The topological polar surface area (TPSA) is 64.1 Å². The average Bonchev–Trinajstić information content (AvgIpc) is 2.67. The van der Waals surface area contributed by atoms with Gasteiger partial charge in [-0.2, -0.15) is 18.2 Å². The van der Waals surface area contributed by atoms with Gasteiger partial charge in [-0.05, 0) is 30.3 Å². The SMILES string of the molecule is O=C(Nc1nc(OCC(F)(F)F)cnc1-c1ccc(Cl)cc1Cl)c1ccccc1. The van der Waals surface area contributed by atoms with Crippen molar-refractivity contribution in [1.29, 1.82) is 0 Å². The van der Waals surface area contributed by atoms with Gasteiger partial charge in [-0.25, -0.2) is 4.98 Å². The fourth-order valence-electron chi connectivity index (χ4n) is 2.33. The van der Waals surface area contributed by atoms with Crippen molar-refractivity contribution in [2.45, 2.75) is 6.18 Å². The van der Waals surface area contributed by atoms with Gasteiger partial charge in [0.05, 0.1) is 11.2 Å². The fourth-order valence-corrected chi connectivity index (χ4v) is 2.83. The standard InChI is InChI=1S/C19H12Cl2F3N3O2/c20-12-6-7-13(14(21)8-12)16-17(27-18(28)11-4-2-1-3-5-11)26-15(9-25-16)29-10-19(22,23)24/h1-9H,10H2,(H,26,27,28). The van der Waals surface area contributed by atoms with Crippen molar-refractivity contribution in [2.24, 2.45) is 0 Å². The Bertz CT molecular complexity index is 1030. The molecule has 10 heteroatoms. The number of ether oxygens (including phenoxy) is 1. The van der Waals surface area contributed by atoms with E-state index in [-0.39, 0.29) is 16.5 Å². The molecule has 3 rings (SSSR count). The Morgan fingerprint density at radius 2 is 1.83 bits per heavy atom. The molecule has 0 aliphatic heterocycles. The molecule has 1 N–H and O–H groups in total. The summed E-state index contributed by atoms with van der Waals surface area (Å²) in [5, 5.41) is 3.15. The highest BCUT2D eigenvalue weighted by molar-refractivity contribution is 6.36. The maximum Gasteiger partial charge on any atom is 0.422 e. The monoisotopic (exact) mass is 441 g/mol. The fraction of sp³-hybridized carbons (Fsp3) is 0.105. The summed E-state index contributed by atoms with van der Waals surface area (Å²) < 4.78 is 41.9. The van der Waals surface area contributed by atoms with Crippen LogP contribution in [0.2, 0.25) is 10.0 Å². The summed E-state index contributed by atoms with van der Waals surface area (Å²) in [5.74, 6) is -1.04. The van der Waals surface area contributed by atoms with Crippen molar-refractivity contribution in [3.05, 3.63) is 70.3 Å². The van der Waals surface area contributed by atoms with Crippen LogP contribution in [0.5, 0.6) is 5.88 Å². The molecule has 0 unspecified atom stereocenters. The Morgan fingerprint density at radius 3 is 2.48 bits per heavy atom. The summed E-state index contributed by atoms with van der Waals surface area (Å²) in [4.78, 5) is 20.6. The van der Waals surface area contributed by atoms with Crippen LogP contribution in [0.4, 0.5) is 19.0 Å². The summed E-state index contributed by atoms with van der Waals surface area (Å²) in [7, 11) is 0. The van der Waals surface area contributed by atoms with E-state index in [0.29, 0.717) is 16.1 Å². The number of amides is 1. The van der Waals surface area contributed by atoms with Crippen LogP contribution in [-0.2, 0) is 0 Å². The molecule has 0 saturated heterocycles. The Balaban J connectivity index is 1.99. The van der Waals surface area contributed by atoms with Gasteiger partial charge in [0, 0.05) is 16.1 Å². The number of nitrogens with zero attached hydrogens (tertiary/aromatic N) is 2. The number of hydrogen-bond acceptors (Lipinski definition) is 4. The maximum absolute atomic E-state index is 12.5. The minimum atomic E-state index is -4.55. The Hall–Kier alpha value is -2.84. The van der Waals surface area contributed by atoms with Gasteiger partial charge in [0.2, 0.25) is 5.88 Å². The van der Waals surface area contributed by atoms with Gasteiger partial charge in [-0.15, -0.1) is 0 Å². The molecule has 0 fully saturated rings. The highest BCUT2D eigenvalue weighted by Gasteiger charge is 2.29. The number of halogens is 5. The number of hydrogen-bond donors (Lipinski definition) is 1. The third-order valence-electron chi connectivity index (χ3n) is 3.59. The predicted octanol–water partition coefficient (Wildman–Crippen LogP) is 5.64. The lowest BCUT2D eigenvalue weighted by Gasteiger charge is -2.14. The zero-order valence-electron chi connectivity index (χ0n) is 14.5. The second kappa shape index (κ2) is 8.67. The van der Waals surface area contributed by atoms with E-state index in [4.69, 9.17) is 23.2 Å². The van der Waals surface area contributed by atoms with Gasteiger partial charge in [0.15, 0.2) is 12.4 Å². The van der Waals surface area contributed by atoms with Crippen molar-refractivity contribution in [2.75, 3.05) is 11.9 Å². The summed E-state index contributed by atoms with van der Waals surface area (Å²) >= 11 is 12.1. The van der Waals surface area contributed by atoms with Crippen molar-refractivity contribution in [3.8, 4) is 17.1 Å². The highest BCUT2D eigenvalue weighted by atomic mass is 35.5. The first-order valence-corrected chi connectivity index (χ1v) is 8.87. The van der Waals surface area contributed by atoms with Crippen molar-refractivity contribution >= 4 is 34.9 Å². The van der Waals surface area contributed by atoms with E-state index in [1.54, 1.807) is 42.5 Å². The van der Waals surface area contributed by atoms with E-state index in [1.165, 1.54) is 6.07 Å². The lowest BCUT2D eigenvalue weighted by molar-refractivity contribution is -0.154. The smallest absolute Gasteiger partial charge is 0.422 e. The van der Waals surface area contributed by atoms with Crippen LogP contribution in [0.1, 0.15) is 10.4 Å². The van der Waals surface area contributed by atoms with Gasteiger partial charge < -0.3 is 10.1 Å². The normalized spacial score (nSPS) is 11.2. The quantitative estimate of drug-likeness (QED) is 0.555. The molecule has 0 aliphatic rings. The van der Waals surface area contributed by atoms with Gasteiger partial charge >= 0.3 is 6.18 Å². The molecule has 1 aromatic heterocycles. The number of aromatic nitrogens is 2. The molecule has 1 amide bonds. The highest BCUT2D eigenvalue weighted by Crippen LogP contribution is 2.34. The van der Waals surface area contributed by atoms with Crippen LogP contribution < -0.4 is 10.1 Å². The molecule has 0 atom stereocenters. The van der Waals surface area contributed by atoms with Gasteiger partial charge in [-0.1, -0.05) is 41.4 Å². The Kier molecular flexibility index (Phi) is 6.24. The van der Waals surface area contributed by atoms with Crippen LogP contribution >= 0.6 is 23.2 Å². The first kappa shape index (κ1) is 20.9. The van der Waals surface area contributed by atoms with E-state index in [1.807, 2.05) is 0 Å². The van der Waals surface area contributed by atoms with E-state index < -0.39 is 24.6 Å². The molecule has 150 valence electrons. The molecule has 3 aromatic rings. The molecule has 29 heavy (non-hydrogen) atoms. The van der Waals surface area contributed by atoms with Gasteiger partial charge in [0.1, 0.15) is 5.69 Å². The third-order valence-corrected chi connectivity index (χ3v) is 4.14. The first-order chi connectivity index (χ1) is 13.7. The lowest BCUT2D eigenvalue weighted by Crippen LogP contribution is -2.20. The van der Waals surface area contributed by atoms with Gasteiger partial charge in [-0.3, -0.25) is 4.79 Å². The first-order valence-electron chi connectivity index (χ1n) is 8.11. The van der Waals surface area contributed by atoms with Crippen LogP contribution in [0.3, 0.4) is 0 Å². The van der Waals surface area contributed by atoms with Crippen molar-refractivity contribution < 1.29 is 22.7 Å². The maximum atomic E-state index is 12.5. The van der Waals surface area contributed by atoms with E-state index in [0.717, 1.165) is 6.20 Å². The molecule has 0 radical (unpaired) electrons. The van der Waals surface area contributed by atoms with Crippen LogP contribution in [-0.4, -0.2) is 28.7 Å². The predicted molar refractivity (Wildman–Crippen MR) is 103 cm³/mol. The third kappa shape index (κ3) is 5.58. The number of benzene rings is 2. The minimum Gasteiger partial charge on any atom is -0.467 e. The molecule has 0 spiro atoms. The molecular weight excluding hydrogens is 430 g/mol. The Morgan fingerprint density at radius 1 is 1.10 bits per heavy atom. The van der Waals surface area contributed by atoms with Crippen LogP contribution in [0.25, 0.3) is 11.3 Å². The zero-order valence-corrected chi connectivity index (χ0v) is 16.0. The van der Waals surface area contributed by atoms with E-state index in [9.17, 15) is 18.0 Å². The summed E-state index contributed by atoms with van der Waals surface area (Å²) in [5.41, 5.74) is 0.855. The van der Waals surface area contributed by atoms with Crippen molar-refractivity contribution in [1.82, 2.24) is 9.97 Å². The molecule has 0 saturated carbocycles. The average molecular weight is 442 g/mol. The zero-order chi connectivity index (χ0) is 21.0. The molecule has 2 aromatic carbocycles. The number of alkyl halides is 3. The molecule has 0 bridgehead atoms. The summed E-state index contributed by atoms with van der Waals surface area (Å²) in [6.07, 6.45) is -3.53. The molecule has 1 heterocycles. The molecular formula is C19H12Cl2F3N3O2. The second-order valence-electron chi connectivity index (χ2n) is 5.75. The number of rotatable bonds is 5. The van der Waals surface area contributed by atoms with E-state index >= 15 is 0 Å². The summed E-state index contributed by atoms with van der Waals surface area (Å²) in [6, 6.07) is 12.8. The number of carbonyl (C=O) groups excluding carboxylic acids is 1. The Labute approximate surface area is 173 Å².